The van der Waals surface area contributed by atoms with Crippen molar-refractivity contribution >= 4 is 22.4 Å². The van der Waals surface area contributed by atoms with Crippen molar-refractivity contribution < 1.29 is 14.5 Å². The number of nitrogens with zero attached hydrogens (tertiary/aromatic N) is 1. The van der Waals surface area contributed by atoms with Crippen LogP contribution >= 0.6 is 11.3 Å². The molecular weight excluding hydrogens is 234 g/mol. The third-order valence-corrected chi connectivity index (χ3v) is 2.60. The normalized spacial score (nSPS) is 10.0. The number of nitro groups is 1. The Labute approximate surface area is 95.3 Å². The fourth-order valence-electron chi connectivity index (χ4n) is 1.01. The van der Waals surface area contributed by atoms with Gasteiger partial charge in [0.15, 0.2) is 0 Å². The Morgan fingerprint density at radius 3 is 3.00 bits per heavy atom. The van der Waals surface area contributed by atoms with Gasteiger partial charge in [0, 0.05) is 24.5 Å². The van der Waals surface area contributed by atoms with Crippen molar-refractivity contribution in [3.8, 4) is 0 Å². The Kier molecular flexibility index (Phi) is 4.67. The number of ether oxygens (including phenoxy) is 1. The van der Waals surface area contributed by atoms with Gasteiger partial charge in [0.05, 0.1) is 4.92 Å². The maximum atomic E-state index is 10.4. The zero-order chi connectivity index (χ0) is 12.0. The van der Waals surface area contributed by atoms with E-state index in [-0.39, 0.29) is 11.6 Å². The van der Waals surface area contributed by atoms with E-state index in [1.54, 1.807) is 5.38 Å². The summed E-state index contributed by atoms with van der Waals surface area (Å²) in [6.07, 6.45) is -0.812. The number of thiophene rings is 1. The van der Waals surface area contributed by atoms with Gasteiger partial charge in [-0.15, -0.1) is 0 Å². The van der Waals surface area contributed by atoms with Gasteiger partial charge in [0.1, 0.15) is 6.61 Å². The number of carbonyl (C=O) groups excluding carboxylic acids is 1. The molecule has 0 unspecified atom stereocenters. The summed E-state index contributed by atoms with van der Waals surface area (Å²) in [5, 5.41) is 15.2. The van der Waals surface area contributed by atoms with Gasteiger partial charge in [0.25, 0.3) is 0 Å². The van der Waals surface area contributed by atoms with E-state index in [0.29, 0.717) is 13.1 Å². The molecule has 0 spiro atoms. The van der Waals surface area contributed by atoms with Gasteiger partial charge in [0.2, 0.25) is 0 Å². The molecule has 1 aromatic rings. The molecule has 0 atom stereocenters. The Hall–Kier alpha value is -1.67. The van der Waals surface area contributed by atoms with Crippen molar-refractivity contribution in [1.82, 2.24) is 5.32 Å². The molecule has 0 bridgehead atoms. The molecule has 0 aliphatic carbocycles. The zero-order valence-electron chi connectivity index (χ0n) is 8.34. The number of rotatable bonds is 6. The van der Waals surface area contributed by atoms with Gasteiger partial charge in [-0.3, -0.25) is 10.1 Å². The van der Waals surface area contributed by atoms with Crippen LogP contribution in [0, 0.1) is 10.1 Å². The maximum Gasteiger partial charge on any atom is 0.404 e. The van der Waals surface area contributed by atoms with E-state index in [4.69, 9.17) is 5.73 Å². The van der Waals surface area contributed by atoms with Crippen molar-refractivity contribution in [2.75, 3.05) is 13.2 Å². The summed E-state index contributed by atoms with van der Waals surface area (Å²) in [4.78, 5) is 20.2. The molecule has 1 aromatic heterocycles. The summed E-state index contributed by atoms with van der Waals surface area (Å²) in [6, 6.07) is 1.51. The van der Waals surface area contributed by atoms with Crippen molar-refractivity contribution in [3.63, 3.8) is 0 Å². The number of nitrogens with two attached hydrogens (primary N) is 1. The van der Waals surface area contributed by atoms with Gasteiger partial charge in [-0.1, -0.05) is 11.3 Å². The molecule has 16 heavy (non-hydrogen) atoms. The molecule has 1 rings (SSSR count). The van der Waals surface area contributed by atoms with Crippen LogP contribution < -0.4 is 11.1 Å². The minimum Gasteiger partial charge on any atom is -0.448 e. The van der Waals surface area contributed by atoms with E-state index in [1.807, 2.05) is 0 Å². The fourth-order valence-corrected chi connectivity index (χ4v) is 1.74. The lowest BCUT2D eigenvalue weighted by atomic mass is 10.3. The SMILES string of the molecule is NC(=O)OCCNCc1csc([N+](=O)[O-])c1. The van der Waals surface area contributed by atoms with Crippen LogP contribution in [0.4, 0.5) is 9.80 Å². The van der Waals surface area contributed by atoms with E-state index in [0.717, 1.165) is 16.9 Å². The lowest BCUT2D eigenvalue weighted by Crippen LogP contribution is -2.23. The maximum absolute atomic E-state index is 10.4. The monoisotopic (exact) mass is 245 g/mol. The second-order valence-corrected chi connectivity index (χ2v) is 3.78. The minimum absolute atomic E-state index is 0.116. The summed E-state index contributed by atoms with van der Waals surface area (Å²) >= 11 is 1.08. The number of primary amides is 1. The molecular formula is C8H11N3O4S. The quantitative estimate of drug-likeness (QED) is 0.438. The van der Waals surface area contributed by atoms with Gasteiger partial charge in [-0.2, -0.15) is 0 Å². The van der Waals surface area contributed by atoms with Gasteiger partial charge < -0.3 is 15.8 Å². The highest BCUT2D eigenvalue weighted by atomic mass is 32.1. The minimum atomic E-state index is -0.812. The van der Waals surface area contributed by atoms with Crippen LogP contribution in [0.15, 0.2) is 11.4 Å². The lowest BCUT2D eigenvalue weighted by Gasteiger charge is -2.02. The van der Waals surface area contributed by atoms with Crippen LogP contribution in [0.5, 0.6) is 0 Å². The number of amides is 1. The zero-order valence-corrected chi connectivity index (χ0v) is 9.16. The highest BCUT2D eigenvalue weighted by Gasteiger charge is 2.08. The number of hydrogen-bond donors (Lipinski definition) is 2. The van der Waals surface area contributed by atoms with Crippen LogP contribution in [0.1, 0.15) is 5.56 Å². The number of hydrogen-bond acceptors (Lipinski definition) is 6. The van der Waals surface area contributed by atoms with Gasteiger partial charge in [-0.25, -0.2) is 4.79 Å². The Morgan fingerprint density at radius 1 is 1.69 bits per heavy atom. The third kappa shape index (κ3) is 4.24. The van der Waals surface area contributed by atoms with E-state index in [2.05, 4.69) is 10.1 Å². The first-order valence-corrected chi connectivity index (χ1v) is 5.32. The van der Waals surface area contributed by atoms with Crippen molar-refractivity contribution in [2.45, 2.75) is 6.54 Å². The largest absolute Gasteiger partial charge is 0.448 e. The fraction of sp³-hybridized carbons (Fsp3) is 0.375. The predicted molar refractivity (Wildman–Crippen MR) is 58.2 cm³/mol. The van der Waals surface area contributed by atoms with E-state index in [1.165, 1.54) is 6.07 Å². The van der Waals surface area contributed by atoms with E-state index >= 15 is 0 Å². The molecule has 0 saturated heterocycles. The number of nitrogens with one attached hydrogen (secondary N) is 1. The first-order valence-electron chi connectivity index (χ1n) is 4.44. The first kappa shape index (κ1) is 12.4. The van der Waals surface area contributed by atoms with Crippen LogP contribution in [0.2, 0.25) is 0 Å². The van der Waals surface area contributed by atoms with Crippen molar-refractivity contribution in [2.24, 2.45) is 5.73 Å². The number of carbonyl (C=O) groups is 1. The van der Waals surface area contributed by atoms with E-state index < -0.39 is 11.0 Å². The summed E-state index contributed by atoms with van der Waals surface area (Å²) in [5.74, 6) is 0. The summed E-state index contributed by atoms with van der Waals surface area (Å²) < 4.78 is 4.49. The van der Waals surface area contributed by atoms with Crippen molar-refractivity contribution in [3.05, 3.63) is 27.1 Å². The molecule has 0 aliphatic heterocycles. The second-order valence-electron chi connectivity index (χ2n) is 2.89. The van der Waals surface area contributed by atoms with Crippen LogP contribution in [0.3, 0.4) is 0 Å². The highest BCUT2D eigenvalue weighted by Crippen LogP contribution is 2.22. The molecule has 0 aromatic carbocycles. The molecule has 0 radical (unpaired) electrons. The van der Waals surface area contributed by atoms with Crippen LogP contribution in [0.25, 0.3) is 0 Å². The van der Waals surface area contributed by atoms with Crippen molar-refractivity contribution in [1.29, 1.82) is 0 Å². The summed E-state index contributed by atoms with van der Waals surface area (Å²) in [5.41, 5.74) is 5.59. The smallest absolute Gasteiger partial charge is 0.404 e. The predicted octanol–water partition coefficient (Wildman–Crippen LogP) is 0.841. The topological polar surface area (TPSA) is 107 Å². The van der Waals surface area contributed by atoms with Crippen LogP contribution in [-0.4, -0.2) is 24.2 Å². The molecule has 1 amide bonds. The Morgan fingerprint density at radius 2 is 2.44 bits per heavy atom. The Balaban J connectivity index is 2.21. The average Bonchev–Trinajstić information content (AvgIpc) is 2.65. The molecule has 1 heterocycles. The average molecular weight is 245 g/mol. The van der Waals surface area contributed by atoms with Crippen LogP contribution in [-0.2, 0) is 11.3 Å². The molecule has 88 valence electrons. The molecule has 3 N–H and O–H groups in total. The molecule has 8 heteroatoms. The second kappa shape index (κ2) is 6.03. The summed E-state index contributed by atoms with van der Waals surface area (Å²) in [7, 11) is 0. The van der Waals surface area contributed by atoms with E-state index in [9.17, 15) is 14.9 Å². The highest BCUT2D eigenvalue weighted by molar-refractivity contribution is 7.13. The third-order valence-electron chi connectivity index (χ3n) is 1.67. The molecule has 0 saturated carbocycles. The Bertz CT molecular complexity index is 379. The van der Waals surface area contributed by atoms with Gasteiger partial charge in [-0.05, 0) is 5.56 Å². The molecule has 7 nitrogen and oxygen atoms in total. The molecule has 0 aliphatic rings. The first-order chi connectivity index (χ1) is 7.59. The summed E-state index contributed by atoms with van der Waals surface area (Å²) in [6.45, 7) is 1.13. The standard InChI is InChI=1S/C8H11N3O4S/c9-8(12)15-2-1-10-4-6-3-7(11(13)14)16-5-6/h3,5,10H,1-2,4H2,(H2,9,12). The lowest BCUT2D eigenvalue weighted by molar-refractivity contribution is -0.380. The van der Waals surface area contributed by atoms with Gasteiger partial charge >= 0.3 is 11.1 Å². The molecule has 0 fully saturated rings.